The van der Waals surface area contributed by atoms with E-state index in [0.717, 1.165) is 30.2 Å². The zero-order valence-corrected chi connectivity index (χ0v) is 13.5. The number of hydrogen-bond acceptors (Lipinski definition) is 4. The molecule has 0 unspecified atom stereocenters. The maximum Gasteiger partial charge on any atom is 0.141 e. The quantitative estimate of drug-likeness (QED) is 0.848. The van der Waals surface area contributed by atoms with E-state index >= 15 is 0 Å². The standard InChI is InChI=1S/C16H23N3S/c1-11(2)9-13-10-20-16-14(13)15(17-12(3)18-16)19-7-5-4-6-8-19/h10-11H,4-9H2,1-3H3. The van der Waals surface area contributed by atoms with Crippen LogP contribution in [0.25, 0.3) is 10.2 Å². The van der Waals surface area contributed by atoms with Gasteiger partial charge in [0.25, 0.3) is 0 Å². The highest BCUT2D eigenvalue weighted by molar-refractivity contribution is 7.17. The van der Waals surface area contributed by atoms with Crippen molar-refractivity contribution in [1.82, 2.24) is 9.97 Å². The van der Waals surface area contributed by atoms with E-state index in [1.165, 1.54) is 36.0 Å². The molecule has 1 aliphatic heterocycles. The number of piperidine rings is 1. The summed E-state index contributed by atoms with van der Waals surface area (Å²) in [7, 11) is 0. The Balaban J connectivity index is 2.09. The van der Waals surface area contributed by atoms with Gasteiger partial charge >= 0.3 is 0 Å². The van der Waals surface area contributed by atoms with Gasteiger partial charge in [0, 0.05) is 13.1 Å². The van der Waals surface area contributed by atoms with Crippen molar-refractivity contribution >= 4 is 27.4 Å². The highest BCUT2D eigenvalue weighted by atomic mass is 32.1. The molecule has 1 fully saturated rings. The normalized spacial score (nSPS) is 16.3. The highest BCUT2D eigenvalue weighted by Crippen LogP contribution is 2.34. The maximum atomic E-state index is 4.79. The summed E-state index contributed by atoms with van der Waals surface area (Å²) in [5.74, 6) is 2.75. The van der Waals surface area contributed by atoms with E-state index in [-0.39, 0.29) is 0 Å². The molecule has 0 N–H and O–H groups in total. The molecule has 1 aliphatic rings. The molecule has 3 rings (SSSR count). The fraction of sp³-hybridized carbons (Fsp3) is 0.625. The van der Waals surface area contributed by atoms with Gasteiger partial charge in [-0.1, -0.05) is 13.8 Å². The summed E-state index contributed by atoms with van der Waals surface area (Å²) in [6.07, 6.45) is 5.04. The SMILES string of the molecule is Cc1nc(N2CCCCC2)c2c(CC(C)C)csc2n1. The third-order valence-corrected chi connectivity index (χ3v) is 4.81. The lowest BCUT2D eigenvalue weighted by atomic mass is 10.0. The number of aryl methyl sites for hydroxylation is 1. The molecular weight excluding hydrogens is 266 g/mol. The molecule has 0 radical (unpaired) electrons. The summed E-state index contributed by atoms with van der Waals surface area (Å²) in [6.45, 7) is 8.85. The maximum absolute atomic E-state index is 4.79. The smallest absolute Gasteiger partial charge is 0.141 e. The third-order valence-electron chi connectivity index (χ3n) is 3.89. The van der Waals surface area contributed by atoms with Gasteiger partial charge in [0.1, 0.15) is 16.5 Å². The average Bonchev–Trinajstić information content (AvgIpc) is 2.81. The molecule has 2 aromatic heterocycles. The molecule has 2 aromatic rings. The number of anilines is 1. The molecule has 20 heavy (non-hydrogen) atoms. The number of nitrogens with zero attached hydrogens (tertiary/aromatic N) is 3. The van der Waals surface area contributed by atoms with Crippen LogP contribution in [0.2, 0.25) is 0 Å². The predicted octanol–water partition coefficient (Wildman–Crippen LogP) is 4.19. The molecule has 3 nitrogen and oxygen atoms in total. The first-order valence-corrected chi connectivity index (χ1v) is 8.53. The number of rotatable bonds is 3. The van der Waals surface area contributed by atoms with E-state index in [0.29, 0.717) is 5.92 Å². The van der Waals surface area contributed by atoms with Gasteiger partial charge in [-0.3, -0.25) is 0 Å². The van der Waals surface area contributed by atoms with Gasteiger partial charge in [0.15, 0.2) is 0 Å². The van der Waals surface area contributed by atoms with Crippen molar-refractivity contribution in [1.29, 1.82) is 0 Å². The number of thiophene rings is 1. The topological polar surface area (TPSA) is 29.0 Å². The minimum Gasteiger partial charge on any atom is -0.356 e. The van der Waals surface area contributed by atoms with Crippen molar-refractivity contribution < 1.29 is 0 Å². The third kappa shape index (κ3) is 2.66. The molecule has 0 amide bonds. The predicted molar refractivity (Wildman–Crippen MR) is 86.8 cm³/mol. The number of hydrogen-bond donors (Lipinski definition) is 0. The van der Waals surface area contributed by atoms with E-state index in [1.54, 1.807) is 11.3 Å². The van der Waals surface area contributed by atoms with Crippen LogP contribution in [-0.2, 0) is 6.42 Å². The minimum absolute atomic E-state index is 0.670. The van der Waals surface area contributed by atoms with Crippen LogP contribution in [0.3, 0.4) is 0 Å². The van der Waals surface area contributed by atoms with Gasteiger partial charge in [0.2, 0.25) is 0 Å². The van der Waals surface area contributed by atoms with Gasteiger partial charge < -0.3 is 4.90 Å². The van der Waals surface area contributed by atoms with Gasteiger partial charge in [-0.05, 0) is 49.5 Å². The Morgan fingerprint density at radius 2 is 1.95 bits per heavy atom. The zero-order valence-electron chi connectivity index (χ0n) is 12.6. The molecular formula is C16H23N3S. The molecule has 0 spiro atoms. The molecule has 0 aliphatic carbocycles. The summed E-state index contributed by atoms with van der Waals surface area (Å²) in [6, 6.07) is 0. The molecule has 0 aromatic carbocycles. The van der Waals surface area contributed by atoms with Crippen LogP contribution in [0.1, 0.15) is 44.5 Å². The molecule has 108 valence electrons. The van der Waals surface area contributed by atoms with Crippen LogP contribution in [0, 0.1) is 12.8 Å². The molecule has 0 atom stereocenters. The zero-order chi connectivity index (χ0) is 14.1. The fourth-order valence-corrected chi connectivity index (χ4v) is 4.00. The van der Waals surface area contributed by atoms with E-state index in [1.807, 2.05) is 6.92 Å². The first-order chi connectivity index (χ1) is 9.65. The van der Waals surface area contributed by atoms with E-state index < -0.39 is 0 Å². The first kappa shape index (κ1) is 13.8. The molecule has 4 heteroatoms. The van der Waals surface area contributed by atoms with Crippen molar-refractivity contribution in [2.24, 2.45) is 5.92 Å². The number of fused-ring (bicyclic) bond motifs is 1. The van der Waals surface area contributed by atoms with Gasteiger partial charge in [-0.25, -0.2) is 9.97 Å². The van der Waals surface area contributed by atoms with Crippen LogP contribution >= 0.6 is 11.3 Å². The van der Waals surface area contributed by atoms with E-state index in [2.05, 4.69) is 29.1 Å². The Hall–Kier alpha value is -1.16. The molecule has 0 saturated carbocycles. The Labute approximate surface area is 125 Å². The van der Waals surface area contributed by atoms with E-state index in [4.69, 9.17) is 4.98 Å². The van der Waals surface area contributed by atoms with Crippen molar-refractivity contribution in [3.63, 3.8) is 0 Å². The van der Waals surface area contributed by atoms with Gasteiger partial charge in [0.05, 0.1) is 5.39 Å². The van der Waals surface area contributed by atoms with Gasteiger partial charge in [-0.15, -0.1) is 11.3 Å². The summed E-state index contributed by atoms with van der Waals surface area (Å²) >= 11 is 1.77. The second-order valence-corrected chi connectivity index (χ2v) is 7.04. The second kappa shape index (κ2) is 5.68. The Kier molecular flexibility index (Phi) is 3.92. The summed E-state index contributed by atoms with van der Waals surface area (Å²) < 4.78 is 0. The Morgan fingerprint density at radius 1 is 1.20 bits per heavy atom. The lowest BCUT2D eigenvalue weighted by molar-refractivity contribution is 0.574. The van der Waals surface area contributed by atoms with E-state index in [9.17, 15) is 0 Å². The van der Waals surface area contributed by atoms with Crippen LogP contribution in [0.4, 0.5) is 5.82 Å². The largest absolute Gasteiger partial charge is 0.356 e. The molecule has 1 saturated heterocycles. The van der Waals surface area contributed by atoms with Crippen LogP contribution in [0.15, 0.2) is 5.38 Å². The average molecular weight is 289 g/mol. The minimum atomic E-state index is 0.670. The van der Waals surface area contributed by atoms with Crippen LogP contribution in [-0.4, -0.2) is 23.1 Å². The second-order valence-electron chi connectivity index (χ2n) is 6.18. The monoisotopic (exact) mass is 289 g/mol. The summed E-state index contributed by atoms with van der Waals surface area (Å²) in [5.41, 5.74) is 1.43. The number of aromatic nitrogens is 2. The lowest BCUT2D eigenvalue weighted by Gasteiger charge is -2.28. The molecule has 0 bridgehead atoms. The van der Waals surface area contributed by atoms with Crippen molar-refractivity contribution in [2.45, 2.75) is 46.5 Å². The first-order valence-electron chi connectivity index (χ1n) is 7.65. The Bertz CT molecular complexity index is 597. The summed E-state index contributed by atoms with van der Waals surface area (Å²) in [5, 5.41) is 3.60. The lowest BCUT2D eigenvalue weighted by Crippen LogP contribution is -2.30. The van der Waals surface area contributed by atoms with Crippen LogP contribution in [0.5, 0.6) is 0 Å². The van der Waals surface area contributed by atoms with Crippen molar-refractivity contribution in [2.75, 3.05) is 18.0 Å². The highest BCUT2D eigenvalue weighted by Gasteiger charge is 2.20. The van der Waals surface area contributed by atoms with Gasteiger partial charge in [-0.2, -0.15) is 0 Å². The van der Waals surface area contributed by atoms with Crippen molar-refractivity contribution in [3.8, 4) is 0 Å². The fourth-order valence-electron chi connectivity index (χ4n) is 3.01. The molecule has 3 heterocycles. The van der Waals surface area contributed by atoms with Crippen molar-refractivity contribution in [3.05, 3.63) is 16.8 Å². The Morgan fingerprint density at radius 3 is 2.65 bits per heavy atom. The summed E-state index contributed by atoms with van der Waals surface area (Å²) in [4.78, 5) is 13.1. The van der Waals surface area contributed by atoms with Crippen LogP contribution < -0.4 is 4.90 Å².